The van der Waals surface area contributed by atoms with Crippen LogP contribution in [0.1, 0.15) is 88.8 Å². The van der Waals surface area contributed by atoms with Gasteiger partial charge in [-0.15, -0.1) is 35.1 Å². The molecule has 0 saturated carbocycles. The number of nitrogens with zero attached hydrogens (tertiary/aromatic N) is 6. The lowest BCUT2D eigenvalue weighted by Gasteiger charge is -2.25. The van der Waals surface area contributed by atoms with Gasteiger partial charge in [-0.05, 0) is 127 Å². The number of allylic oxidation sites excluding steroid dienone is 7. The van der Waals surface area contributed by atoms with E-state index in [2.05, 4.69) is 61.9 Å². The molecule has 0 spiro atoms. The predicted octanol–water partition coefficient (Wildman–Crippen LogP) is 10.5. The van der Waals surface area contributed by atoms with E-state index < -0.39 is 48.0 Å². The maximum absolute atomic E-state index is 14.4. The van der Waals surface area contributed by atoms with Gasteiger partial charge in [-0.1, -0.05) is 74.5 Å². The summed E-state index contributed by atoms with van der Waals surface area (Å²) in [6, 6.07) is 25.7. The summed E-state index contributed by atoms with van der Waals surface area (Å²) in [6.45, 7) is 7.64. The van der Waals surface area contributed by atoms with E-state index in [4.69, 9.17) is 60.5 Å². The van der Waals surface area contributed by atoms with Crippen molar-refractivity contribution >= 4 is 127 Å². The summed E-state index contributed by atoms with van der Waals surface area (Å²) in [5.41, 5.74) is 12.6. The number of aromatic nitrogens is 3. The number of hydrogen-bond donors (Lipinski definition) is 7. The summed E-state index contributed by atoms with van der Waals surface area (Å²) in [7, 11) is 7.03. The highest BCUT2D eigenvalue weighted by Gasteiger charge is 2.37. The Morgan fingerprint density at radius 2 is 1.41 bits per heavy atom. The van der Waals surface area contributed by atoms with Crippen molar-refractivity contribution in [3.8, 4) is 11.5 Å². The molecule has 28 nitrogen and oxygen atoms in total. The Kier molecular flexibility index (Phi) is 32.1. The third-order valence-electron chi connectivity index (χ3n) is 18.4. The SMILES string of the molecule is CC(C)[C@H](NC(=O)CCOCCOCCOCCOCCNC(=O)c1ccc2nc3c(nc2c1)CSC1=C\C(=C/C=C\C=C/C1)SC3)C(=O)N[C@@H](CCCNC(N)=O)C(=O)Nc1ccc(COC(=O)N(C)CCN(C)C(=O)Oc2cc3c(c4ccccc24)[C@H](CCl)CN3C(=O)c2cc3cc(OCCN(C)C)ccc3[nH]2)cc1. The number of urea groups is 1. The quantitative estimate of drug-likeness (QED) is 0.0140. The zero-order valence-corrected chi connectivity index (χ0v) is 66.2. The van der Waals surface area contributed by atoms with E-state index >= 15 is 0 Å². The molecule has 8 N–H and O–H groups in total. The highest BCUT2D eigenvalue weighted by molar-refractivity contribution is 8.03. The Bertz CT molecular complexity index is 4590. The van der Waals surface area contributed by atoms with E-state index in [1.54, 1.807) is 97.8 Å². The minimum Gasteiger partial charge on any atom is -0.492 e. The molecule has 0 unspecified atom stereocenters. The van der Waals surface area contributed by atoms with E-state index in [1.807, 2.05) is 73.6 Å². The first-order chi connectivity index (χ1) is 54.2. The minimum absolute atomic E-state index is 0.0494. The number of likely N-dealkylation sites (N-methyl/N-ethyl adjacent to an activating group) is 3. The van der Waals surface area contributed by atoms with Gasteiger partial charge in [0.05, 0.1) is 81.0 Å². The molecule has 112 heavy (non-hydrogen) atoms. The zero-order chi connectivity index (χ0) is 79.5. The number of halogens is 1. The Morgan fingerprint density at radius 3 is 2.13 bits per heavy atom. The largest absolute Gasteiger partial charge is 0.492 e. The molecule has 0 fully saturated rings. The monoisotopic (exact) mass is 1590 g/mol. The van der Waals surface area contributed by atoms with Crippen LogP contribution in [0.15, 0.2) is 143 Å². The standard InChI is InChI=1S/C81H98ClN13O15S2/c1-52(2)74(91-72(96)27-33-104-36-38-106-40-41-107-39-37-105-34-29-84-75(97)54-21-25-64-66(43-54)89-69-51-112-60-15-10-8-7-9-14-59(45-60)111-50-68(69)88-64)77(99)90-65(18-13-28-85-79(83)101)76(98)86-57-22-19-53(20-23-57)49-109-80(102)93(5)30-31-94(6)81(103)110-71-46-70-73(62-17-12-11-16-61(62)71)56(47-82)48-95(70)78(100)67-44-55-42-58(24-26-63(55)87-67)108-35-32-92(3)4/h7-12,14,16-17,19-26,42-46,52,56,65,74,87H,13,15,18,27-41,47-51H2,1-6H3,(H,84,97)(H,86,98)(H,90,99)(H,91,96)(H3,83,85,101)/b9-7-,10-8-,59-14+,60-45?/t56-,65+,74+/m1/s1. The van der Waals surface area contributed by atoms with Gasteiger partial charge in [0, 0.05) is 122 Å². The smallest absolute Gasteiger partial charge is 0.415 e. The van der Waals surface area contributed by atoms with Crippen molar-refractivity contribution in [2.45, 2.75) is 75.6 Å². The third-order valence-corrected chi connectivity index (χ3v) is 20.9. The van der Waals surface area contributed by atoms with Gasteiger partial charge in [-0.2, -0.15) is 0 Å². The number of thioether (sulfide) groups is 2. The Hall–Kier alpha value is -10.1. The number of rotatable bonds is 38. The number of benzene rings is 5. The number of hydrogen-bond acceptors (Lipinski definition) is 20. The van der Waals surface area contributed by atoms with Gasteiger partial charge in [-0.3, -0.25) is 24.0 Å². The van der Waals surface area contributed by atoms with E-state index in [1.165, 1.54) is 26.7 Å². The molecular weight excluding hydrogens is 1490 g/mol. The summed E-state index contributed by atoms with van der Waals surface area (Å²) in [4.78, 5) is 129. The minimum atomic E-state index is -1.10. The van der Waals surface area contributed by atoms with E-state index in [0.717, 1.165) is 51.7 Å². The van der Waals surface area contributed by atoms with Gasteiger partial charge < -0.3 is 90.1 Å². The summed E-state index contributed by atoms with van der Waals surface area (Å²) < 4.78 is 40.1. The lowest BCUT2D eigenvalue weighted by atomic mass is 9.95. The number of alkyl halides is 1. The molecule has 1 aliphatic carbocycles. The van der Waals surface area contributed by atoms with Crippen LogP contribution < -0.4 is 46.7 Å². The first-order valence-corrected chi connectivity index (χ1v) is 39.7. The Labute approximate surface area is 664 Å². The molecule has 2 aromatic heterocycles. The van der Waals surface area contributed by atoms with Crippen LogP contribution in [0.2, 0.25) is 0 Å². The molecule has 3 aliphatic rings. The number of carbonyl (C=O) groups is 8. The average molecular weight is 1590 g/mol. The third kappa shape index (κ3) is 24.7. The Morgan fingerprint density at radius 1 is 0.705 bits per heavy atom. The summed E-state index contributed by atoms with van der Waals surface area (Å²) in [5.74, 6) is -0.101. The zero-order valence-electron chi connectivity index (χ0n) is 63.9. The van der Waals surface area contributed by atoms with Crippen LogP contribution in [0.5, 0.6) is 11.5 Å². The molecular formula is C81H98ClN13O15S2. The second-order valence-corrected chi connectivity index (χ2v) is 29.9. The van der Waals surface area contributed by atoms with Gasteiger partial charge in [0.25, 0.3) is 11.8 Å². The van der Waals surface area contributed by atoms with Crippen LogP contribution in [0.25, 0.3) is 32.7 Å². The van der Waals surface area contributed by atoms with Crippen molar-refractivity contribution in [1.29, 1.82) is 0 Å². The topological polar surface area (TPSA) is 342 Å². The van der Waals surface area contributed by atoms with E-state index in [0.29, 0.717) is 109 Å². The van der Waals surface area contributed by atoms with Crippen molar-refractivity contribution < 1.29 is 71.5 Å². The summed E-state index contributed by atoms with van der Waals surface area (Å²) in [5, 5.41) is 16.0. The van der Waals surface area contributed by atoms with Gasteiger partial charge in [-0.25, -0.2) is 24.4 Å². The van der Waals surface area contributed by atoms with Gasteiger partial charge in [0.15, 0.2) is 0 Å². The van der Waals surface area contributed by atoms with Gasteiger partial charge in [0.1, 0.15) is 42.5 Å². The highest BCUT2D eigenvalue weighted by atomic mass is 35.5. The van der Waals surface area contributed by atoms with Crippen LogP contribution >= 0.6 is 35.1 Å². The second kappa shape index (κ2) is 42.6. The fourth-order valence-electron chi connectivity index (χ4n) is 12.3. The average Bonchev–Trinajstić information content (AvgIpc) is 1.57. The molecule has 7 aromatic rings. The van der Waals surface area contributed by atoms with Crippen molar-refractivity contribution in [3.05, 3.63) is 177 Å². The van der Waals surface area contributed by atoms with Gasteiger partial charge >= 0.3 is 18.2 Å². The van der Waals surface area contributed by atoms with Crippen molar-refractivity contribution in [1.82, 2.24) is 50.9 Å². The molecule has 3 atom stereocenters. The first kappa shape index (κ1) is 84.4. The second-order valence-electron chi connectivity index (χ2n) is 27.5. The van der Waals surface area contributed by atoms with Crippen LogP contribution in [0.4, 0.5) is 25.8 Å². The molecule has 2 bridgehead atoms. The fraction of sp³-hybridized carbons (Fsp3) is 0.407. The lowest BCUT2D eigenvalue weighted by Crippen LogP contribution is -2.54. The normalized spacial score (nSPS) is 15.5. The number of anilines is 2. The summed E-state index contributed by atoms with van der Waals surface area (Å²) in [6.07, 6.45) is 12.5. The molecule has 0 saturated heterocycles. The van der Waals surface area contributed by atoms with Crippen LogP contribution in [0.3, 0.4) is 0 Å². The van der Waals surface area contributed by atoms with E-state index in [-0.39, 0.29) is 101 Å². The maximum Gasteiger partial charge on any atom is 0.415 e. The first-order valence-electron chi connectivity index (χ1n) is 37.2. The van der Waals surface area contributed by atoms with Crippen LogP contribution in [-0.4, -0.2) is 222 Å². The molecule has 596 valence electrons. The predicted molar refractivity (Wildman–Crippen MR) is 435 cm³/mol. The molecule has 4 heterocycles. The fourth-order valence-corrected chi connectivity index (χ4v) is 14.5. The van der Waals surface area contributed by atoms with Crippen molar-refractivity contribution in [2.24, 2.45) is 11.7 Å². The molecule has 31 heteroatoms. The number of carbonyl (C=O) groups excluding carboxylic acids is 8. The molecule has 2 aliphatic heterocycles. The van der Waals surface area contributed by atoms with Crippen molar-refractivity contribution in [2.75, 3.05) is 143 Å². The summed E-state index contributed by atoms with van der Waals surface area (Å²) >= 11 is 10.1. The molecule has 9 amide bonds. The molecule has 5 aromatic carbocycles. The van der Waals surface area contributed by atoms with E-state index in [9.17, 15) is 38.4 Å². The number of primary amides is 1. The molecule has 0 radical (unpaired) electrons. The van der Waals surface area contributed by atoms with Crippen molar-refractivity contribution in [3.63, 3.8) is 0 Å². The number of amides is 9. The Balaban J connectivity index is 0.595. The molecule has 10 rings (SSSR count). The number of nitrogens with two attached hydrogens (primary N) is 1. The van der Waals surface area contributed by atoms with Crippen LogP contribution in [-0.2, 0) is 56.2 Å². The number of aromatic amines is 1. The number of H-pyrrole nitrogens is 1. The van der Waals surface area contributed by atoms with Crippen LogP contribution in [0, 0.1) is 5.92 Å². The number of fused-ring (bicyclic) bond motifs is 7. The lowest BCUT2D eigenvalue weighted by molar-refractivity contribution is -0.132. The van der Waals surface area contributed by atoms with Gasteiger partial charge in [0.2, 0.25) is 17.7 Å². The number of ether oxygens (including phenoxy) is 7. The number of nitrogens with one attached hydrogen (secondary N) is 6. The maximum atomic E-state index is 14.4. The highest BCUT2D eigenvalue weighted by Crippen LogP contribution is 2.46.